The first-order valence-corrected chi connectivity index (χ1v) is 14.5. The average Bonchev–Trinajstić information content (AvgIpc) is 2.81. The minimum absolute atomic E-state index is 0.602. The lowest BCUT2D eigenvalue weighted by molar-refractivity contribution is 0.864. The molecule has 0 aromatic heterocycles. The van der Waals surface area contributed by atoms with Gasteiger partial charge in [-0.15, -0.1) is 0 Å². The van der Waals surface area contributed by atoms with Crippen LogP contribution >= 0.6 is 7.92 Å². The Bertz CT molecular complexity index is 987. The smallest absolute Gasteiger partial charge is 0.0116 e. The van der Waals surface area contributed by atoms with Gasteiger partial charge in [-0.25, -0.2) is 0 Å². The third-order valence-electron chi connectivity index (χ3n) is 6.83. The molecule has 0 spiro atoms. The molecule has 3 aromatic rings. The van der Waals surface area contributed by atoms with Gasteiger partial charge in [-0.3, -0.25) is 0 Å². The van der Waals surface area contributed by atoms with Gasteiger partial charge in [0.1, 0.15) is 0 Å². The van der Waals surface area contributed by atoms with Gasteiger partial charge in [-0.05, 0) is 96.7 Å². The first kappa shape index (κ1) is 25.7. The molecule has 0 N–H and O–H groups in total. The average molecular weight is 459 g/mol. The predicted octanol–water partition coefficient (Wildman–Crippen LogP) is 7.87. The molecule has 0 saturated carbocycles. The van der Waals surface area contributed by atoms with Crippen LogP contribution in [-0.4, -0.2) is 0 Å². The van der Waals surface area contributed by atoms with E-state index in [1.165, 1.54) is 62.5 Å². The Kier molecular flexibility index (Phi) is 9.76. The number of hydrogen-bond donors (Lipinski definition) is 0. The van der Waals surface area contributed by atoms with Crippen molar-refractivity contribution in [3.8, 4) is 0 Å². The molecule has 0 aliphatic heterocycles. The zero-order valence-electron chi connectivity index (χ0n) is 21.8. The lowest BCUT2D eigenvalue weighted by Crippen LogP contribution is -2.29. The zero-order chi connectivity index (χ0) is 23.8. The van der Waals surface area contributed by atoms with Gasteiger partial charge in [-0.1, -0.05) is 108 Å². The molecule has 176 valence electrons. The van der Waals surface area contributed by atoms with Gasteiger partial charge >= 0.3 is 0 Å². The summed E-state index contributed by atoms with van der Waals surface area (Å²) >= 11 is 0. The molecule has 3 rings (SSSR count). The Morgan fingerprint density at radius 1 is 0.515 bits per heavy atom. The topological polar surface area (TPSA) is 0 Å². The Balaban J connectivity index is 2.37. The summed E-state index contributed by atoms with van der Waals surface area (Å²) in [6.45, 7) is 13.9. The van der Waals surface area contributed by atoms with E-state index in [2.05, 4.69) is 96.1 Å². The van der Waals surface area contributed by atoms with Crippen molar-refractivity contribution in [1.82, 2.24) is 0 Å². The van der Waals surface area contributed by atoms with Crippen LogP contribution in [0.2, 0.25) is 0 Å². The van der Waals surface area contributed by atoms with Gasteiger partial charge in [0.15, 0.2) is 0 Å². The number of aryl methyl sites for hydroxylation is 3. The summed E-state index contributed by atoms with van der Waals surface area (Å²) in [6.07, 6.45) is 9.50. The third-order valence-corrected chi connectivity index (χ3v) is 9.60. The lowest BCUT2D eigenvalue weighted by atomic mass is 9.99. The molecule has 0 fully saturated rings. The van der Waals surface area contributed by atoms with E-state index in [1.54, 1.807) is 38.2 Å². The minimum atomic E-state index is -0.602. The second-order valence-corrected chi connectivity index (χ2v) is 11.5. The van der Waals surface area contributed by atoms with Gasteiger partial charge < -0.3 is 0 Å². The van der Waals surface area contributed by atoms with E-state index in [0.29, 0.717) is 0 Å². The Morgan fingerprint density at radius 3 is 1.39 bits per heavy atom. The van der Waals surface area contributed by atoms with Crippen LogP contribution in [0.25, 0.3) is 0 Å². The summed E-state index contributed by atoms with van der Waals surface area (Å²) in [7, 11) is -0.602. The molecule has 0 aliphatic carbocycles. The summed E-state index contributed by atoms with van der Waals surface area (Å²) in [5.74, 6) is 0. The third kappa shape index (κ3) is 5.78. The van der Waals surface area contributed by atoms with E-state index < -0.39 is 7.92 Å². The Hall–Kier alpha value is -1.91. The molecule has 3 aromatic carbocycles. The predicted molar refractivity (Wildman–Crippen MR) is 151 cm³/mol. The first-order chi connectivity index (χ1) is 16.1. The highest BCUT2D eigenvalue weighted by Crippen LogP contribution is 2.39. The SMILES string of the molecule is CCCc1cccc(P(c2cccc(C)c2C)c2cccc(CCC)c2CCC)c1CCC. The standard InChI is InChI=1S/C32H43P/c1-7-14-26-19-12-22-31(28(26)16-9-3)33(30-21-11-18-24(5)25(30)6)32-23-13-20-27(15-8-2)29(32)17-10-4/h11-13,18-23H,7-10,14-17H2,1-6H3. The summed E-state index contributed by atoms with van der Waals surface area (Å²) in [6, 6.07) is 21.3. The second kappa shape index (κ2) is 12.5. The molecule has 0 radical (unpaired) electrons. The first-order valence-electron chi connectivity index (χ1n) is 13.1. The highest BCUT2D eigenvalue weighted by Gasteiger charge is 2.25. The number of benzene rings is 3. The molecule has 0 aliphatic rings. The molecule has 0 saturated heterocycles. The fourth-order valence-corrected chi connectivity index (χ4v) is 8.16. The van der Waals surface area contributed by atoms with Crippen molar-refractivity contribution in [2.75, 3.05) is 0 Å². The number of hydrogen-bond acceptors (Lipinski definition) is 0. The molecule has 0 bridgehead atoms. The van der Waals surface area contributed by atoms with Crippen molar-refractivity contribution >= 4 is 23.8 Å². The molecule has 0 atom stereocenters. The summed E-state index contributed by atoms with van der Waals surface area (Å²) in [4.78, 5) is 0. The maximum atomic E-state index is 2.46. The molecular formula is C32H43P. The largest absolute Gasteiger partial charge is 0.0651 e. The molecule has 33 heavy (non-hydrogen) atoms. The van der Waals surface area contributed by atoms with E-state index >= 15 is 0 Å². The van der Waals surface area contributed by atoms with E-state index in [4.69, 9.17) is 0 Å². The normalized spacial score (nSPS) is 11.4. The quantitative estimate of drug-likeness (QED) is 0.256. The van der Waals surface area contributed by atoms with Crippen LogP contribution in [0.15, 0.2) is 54.6 Å². The number of rotatable bonds is 11. The Morgan fingerprint density at radius 2 is 0.939 bits per heavy atom. The van der Waals surface area contributed by atoms with E-state index in [0.717, 1.165) is 0 Å². The van der Waals surface area contributed by atoms with Crippen LogP contribution < -0.4 is 15.9 Å². The van der Waals surface area contributed by atoms with Crippen LogP contribution in [0.5, 0.6) is 0 Å². The van der Waals surface area contributed by atoms with Gasteiger partial charge in [0.05, 0.1) is 0 Å². The van der Waals surface area contributed by atoms with Gasteiger partial charge in [-0.2, -0.15) is 0 Å². The molecule has 0 heterocycles. The molecule has 1 heteroatoms. The van der Waals surface area contributed by atoms with E-state index in [-0.39, 0.29) is 0 Å². The lowest BCUT2D eigenvalue weighted by Gasteiger charge is -2.29. The van der Waals surface area contributed by atoms with Crippen LogP contribution in [0.4, 0.5) is 0 Å². The van der Waals surface area contributed by atoms with Crippen molar-refractivity contribution in [1.29, 1.82) is 0 Å². The van der Waals surface area contributed by atoms with Crippen LogP contribution in [0.1, 0.15) is 86.8 Å². The fourth-order valence-electron chi connectivity index (χ4n) is 5.11. The summed E-state index contributed by atoms with van der Waals surface area (Å²) in [5.41, 5.74) is 9.25. The molecule has 0 amide bonds. The van der Waals surface area contributed by atoms with Crippen molar-refractivity contribution in [3.05, 3.63) is 88.0 Å². The van der Waals surface area contributed by atoms with Crippen molar-refractivity contribution in [2.45, 2.75) is 92.9 Å². The van der Waals surface area contributed by atoms with Gasteiger partial charge in [0.25, 0.3) is 0 Å². The maximum absolute atomic E-state index is 2.46. The van der Waals surface area contributed by atoms with E-state index in [1.807, 2.05) is 0 Å². The molecule has 0 unspecified atom stereocenters. The van der Waals surface area contributed by atoms with Crippen LogP contribution in [-0.2, 0) is 25.7 Å². The van der Waals surface area contributed by atoms with Crippen molar-refractivity contribution in [2.24, 2.45) is 0 Å². The van der Waals surface area contributed by atoms with Crippen molar-refractivity contribution < 1.29 is 0 Å². The minimum Gasteiger partial charge on any atom is -0.0651 e. The van der Waals surface area contributed by atoms with Crippen LogP contribution in [0, 0.1) is 13.8 Å². The molecule has 0 nitrogen and oxygen atoms in total. The summed E-state index contributed by atoms with van der Waals surface area (Å²) in [5, 5.41) is 4.73. The fraction of sp³-hybridized carbons (Fsp3) is 0.438. The van der Waals surface area contributed by atoms with Gasteiger partial charge in [0.2, 0.25) is 0 Å². The van der Waals surface area contributed by atoms with Gasteiger partial charge in [0, 0.05) is 0 Å². The van der Waals surface area contributed by atoms with Crippen molar-refractivity contribution in [3.63, 3.8) is 0 Å². The monoisotopic (exact) mass is 458 g/mol. The highest BCUT2D eigenvalue weighted by atomic mass is 31.1. The zero-order valence-corrected chi connectivity index (χ0v) is 22.7. The van der Waals surface area contributed by atoms with Crippen LogP contribution in [0.3, 0.4) is 0 Å². The Labute approximate surface area is 204 Å². The van der Waals surface area contributed by atoms with E-state index in [9.17, 15) is 0 Å². The second-order valence-electron chi connectivity index (χ2n) is 9.38. The summed E-state index contributed by atoms with van der Waals surface area (Å²) < 4.78 is 0. The maximum Gasteiger partial charge on any atom is -0.0116 e. The highest BCUT2D eigenvalue weighted by molar-refractivity contribution is 7.80. The molecular weight excluding hydrogens is 415 g/mol.